The number of hydrogen-bond donors (Lipinski definition) is 1. The highest BCUT2D eigenvalue weighted by Crippen LogP contribution is 2.37. The molecule has 7 heteroatoms. The monoisotopic (exact) mass is 341 g/mol. The number of carbonyl (C=O) groups excluding carboxylic acids is 1. The van der Waals surface area contributed by atoms with E-state index in [1.54, 1.807) is 0 Å². The van der Waals surface area contributed by atoms with Gasteiger partial charge in [-0.3, -0.25) is 4.79 Å². The van der Waals surface area contributed by atoms with Crippen LogP contribution in [-0.4, -0.2) is 12.1 Å². The lowest BCUT2D eigenvalue weighted by molar-refractivity contribution is -0.274. The average Bonchev–Trinajstić information content (AvgIpc) is 2.81. The van der Waals surface area contributed by atoms with Crippen molar-refractivity contribution >= 4 is 22.1 Å². The number of rotatable bonds is 3. The molecular weight excluding hydrogens is 327 g/mol. The summed E-state index contributed by atoms with van der Waals surface area (Å²) >= 11 is 1.43. The highest BCUT2D eigenvalue weighted by molar-refractivity contribution is 7.16. The molecule has 1 aliphatic rings. The Morgan fingerprint density at radius 1 is 1.13 bits per heavy atom. The summed E-state index contributed by atoms with van der Waals surface area (Å²) in [5.74, 6) is -0.602. The Balaban J connectivity index is 1.88. The molecular formula is C16H14F3NO2S. The molecule has 3 nitrogen and oxygen atoms in total. The zero-order valence-corrected chi connectivity index (χ0v) is 12.9. The predicted octanol–water partition coefficient (Wildman–Crippen LogP) is 4.34. The second-order valence-electron chi connectivity index (χ2n) is 5.35. The van der Waals surface area contributed by atoms with Crippen LogP contribution in [0.1, 0.15) is 39.2 Å². The Kier molecular flexibility index (Phi) is 4.06. The van der Waals surface area contributed by atoms with Crippen molar-refractivity contribution < 1.29 is 22.7 Å². The summed E-state index contributed by atoms with van der Waals surface area (Å²) in [5, 5.41) is 0.484. The van der Waals surface area contributed by atoms with Crippen molar-refractivity contribution in [2.75, 3.05) is 5.73 Å². The van der Waals surface area contributed by atoms with Crippen LogP contribution in [0.25, 0.3) is 0 Å². The van der Waals surface area contributed by atoms with E-state index in [0.29, 0.717) is 16.1 Å². The minimum atomic E-state index is -4.75. The van der Waals surface area contributed by atoms with Gasteiger partial charge in [-0.1, -0.05) is 0 Å². The first-order chi connectivity index (χ1) is 10.8. The van der Waals surface area contributed by atoms with E-state index in [1.807, 2.05) is 0 Å². The SMILES string of the molecule is Nc1sc2c(c1C(=O)c1ccc(OC(F)(F)F)cc1)CCCC2. The van der Waals surface area contributed by atoms with Gasteiger partial charge in [0.25, 0.3) is 0 Å². The highest BCUT2D eigenvalue weighted by atomic mass is 32.1. The molecule has 1 aliphatic carbocycles. The molecule has 23 heavy (non-hydrogen) atoms. The number of nitrogen functional groups attached to an aromatic ring is 1. The number of alkyl halides is 3. The maximum absolute atomic E-state index is 12.7. The molecule has 0 saturated carbocycles. The van der Waals surface area contributed by atoms with Crippen molar-refractivity contribution in [3.63, 3.8) is 0 Å². The Hall–Kier alpha value is -2.02. The third-order valence-corrected chi connectivity index (χ3v) is 4.90. The smallest absolute Gasteiger partial charge is 0.406 e. The van der Waals surface area contributed by atoms with Crippen molar-refractivity contribution in [3.05, 3.63) is 45.8 Å². The van der Waals surface area contributed by atoms with Crippen LogP contribution in [-0.2, 0) is 12.8 Å². The van der Waals surface area contributed by atoms with Crippen LogP contribution in [0.3, 0.4) is 0 Å². The third kappa shape index (κ3) is 3.34. The van der Waals surface area contributed by atoms with Gasteiger partial charge in [0.2, 0.25) is 0 Å². The van der Waals surface area contributed by atoms with Crippen LogP contribution >= 0.6 is 11.3 Å². The number of carbonyl (C=O) groups is 1. The first-order valence-corrected chi connectivity index (χ1v) is 7.97. The number of benzene rings is 1. The van der Waals surface area contributed by atoms with E-state index in [4.69, 9.17) is 5.73 Å². The summed E-state index contributed by atoms with van der Waals surface area (Å²) in [6, 6.07) is 4.93. The quantitative estimate of drug-likeness (QED) is 0.845. The van der Waals surface area contributed by atoms with Gasteiger partial charge in [0.15, 0.2) is 5.78 Å². The summed E-state index contributed by atoms with van der Waals surface area (Å²) in [7, 11) is 0. The number of fused-ring (bicyclic) bond motifs is 1. The van der Waals surface area contributed by atoms with E-state index in [1.165, 1.54) is 23.5 Å². The van der Waals surface area contributed by atoms with Gasteiger partial charge in [-0.05, 0) is 55.5 Å². The third-order valence-electron chi connectivity index (χ3n) is 3.78. The van der Waals surface area contributed by atoms with Crippen LogP contribution in [0.5, 0.6) is 5.75 Å². The molecule has 0 amide bonds. The topological polar surface area (TPSA) is 52.3 Å². The van der Waals surface area contributed by atoms with Crippen molar-refractivity contribution in [3.8, 4) is 5.75 Å². The number of halogens is 3. The van der Waals surface area contributed by atoms with Gasteiger partial charge in [-0.2, -0.15) is 0 Å². The van der Waals surface area contributed by atoms with E-state index in [2.05, 4.69) is 4.74 Å². The Bertz CT molecular complexity index is 735. The first kappa shape index (κ1) is 15.9. The molecule has 0 bridgehead atoms. The van der Waals surface area contributed by atoms with E-state index in [0.717, 1.165) is 48.3 Å². The zero-order chi connectivity index (χ0) is 16.6. The summed E-state index contributed by atoms with van der Waals surface area (Å²) in [5.41, 5.74) is 7.81. The molecule has 1 heterocycles. The lowest BCUT2D eigenvalue weighted by Crippen LogP contribution is -2.17. The van der Waals surface area contributed by atoms with Gasteiger partial charge >= 0.3 is 6.36 Å². The van der Waals surface area contributed by atoms with Crippen LogP contribution in [0, 0.1) is 0 Å². The largest absolute Gasteiger partial charge is 0.573 e. The number of ketones is 1. The van der Waals surface area contributed by atoms with E-state index in [-0.39, 0.29) is 11.5 Å². The van der Waals surface area contributed by atoms with Gasteiger partial charge in [0.1, 0.15) is 5.75 Å². The molecule has 0 spiro atoms. The number of nitrogens with two attached hydrogens (primary N) is 1. The lowest BCUT2D eigenvalue weighted by Gasteiger charge is -2.12. The van der Waals surface area contributed by atoms with Crippen molar-refractivity contribution in [2.45, 2.75) is 32.0 Å². The van der Waals surface area contributed by atoms with Gasteiger partial charge in [-0.15, -0.1) is 24.5 Å². The second-order valence-corrected chi connectivity index (χ2v) is 6.49. The standard InChI is InChI=1S/C16H14F3NO2S/c17-16(18,19)22-10-7-5-9(6-8-10)14(21)13-11-3-1-2-4-12(11)23-15(13)20/h5-8H,1-4,20H2. The summed E-state index contributed by atoms with van der Waals surface area (Å²) < 4.78 is 40.3. The zero-order valence-electron chi connectivity index (χ0n) is 12.1. The number of thiophene rings is 1. The van der Waals surface area contributed by atoms with Crippen LogP contribution in [0.4, 0.5) is 18.2 Å². The summed E-state index contributed by atoms with van der Waals surface area (Å²) in [6.07, 6.45) is -0.899. The highest BCUT2D eigenvalue weighted by Gasteiger charge is 2.31. The number of ether oxygens (including phenoxy) is 1. The summed E-state index contributed by atoms with van der Waals surface area (Å²) in [6.45, 7) is 0. The molecule has 0 saturated heterocycles. The van der Waals surface area contributed by atoms with Crippen LogP contribution < -0.4 is 10.5 Å². The number of anilines is 1. The van der Waals surface area contributed by atoms with Crippen molar-refractivity contribution in [1.82, 2.24) is 0 Å². The molecule has 2 N–H and O–H groups in total. The summed E-state index contributed by atoms with van der Waals surface area (Å²) in [4.78, 5) is 13.8. The fraction of sp³-hybridized carbons (Fsp3) is 0.312. The number of hydrogen-bond acceptors (Lipinski definition) is 4. The molecule has 2 aromatic rings. The molecule has 3 rings (SSSR count). The normalized spacial score (nSPS) is 14.4. The van der Waals surface area contributed by atoms with Crippen molar-refractivity contribution in [2.24, 2.45) is 0 Å². The van der Waals surface area contributed by atoms with E-state index in [9.17, 15) is 18.0 Å². The minimum Gasteiger partial charge on any atom is -0.406 e. The molecule has 0 atom stereocenters. The van der Waals surface area contributed by atoms with Gasteiger partial charge in [0, 0.05) is 10.4 Å². The van der Waals surface area contributed by atoms with Crippen LogP contribution in [0.15, 0.2) is 24.3 Å². The minimum absolute atomic E-state index is 0.250. The van der Waals surface area contributed by atoms with Crippen LogP contribution in [0.2, 0.25) is 0 Å². The maximum Gasteiger partial charge on any atom is 0.573 e. The molecule has 0 fully saturated rings. The Labute approximate surface area is 134 Å². The second kappa shape index (κ2) is 5.88. The molecule has 0 unspecified atom stereocenters. The number of aryl methyl sites for hydroxylation is 1. The van der Waals surface area contributed by atoms with E-state index >= 15 is 0 Å². The molecule has 1 aromatic carbocycles. The fourth-order valence-electron chi connectivity index (χ4n) is 2.79. The Morgan fingerprint density at radius 3 is 2.43 bits per heavy atom. The average molecular weight is 341 g/mol. The first-order valence-electron chi connectivity index (χ1n) is 7.15. The van der Waals surface area contributed by atoms with Crippen molar-refractivity contribution in [1.29, 1.82) is 0 Å². The van der Waals surface area contributed by atoms with Gasteiger partial charge in [-0.25, -0.2) is 0 Å². The fourth-order valence-corrected chi connectivity index (χ4v) is 3.95. The molecule has 0 radical (unpaired) electrons. The molecule has 0 aliphatic heterocycles. The molecule has 1 aromatic heterocycles. The van der Waals surface area contributed by atoms with E-state index < -0.39 is 6.36 Å². The van der Waals surface area contributed by atoms with Gasteiger partial charge < -0.3 is 10.5 Å². The van der Waals surface area contributed by atoms with Gasteiger partial charge in [0.05, 0.1) is 10.6 Å². The maximum atomic E-state index is 12.7. The Morgan fingerprint density at radius 2 is 1.78 bits per heavy atom. The molecule has 122 valence electrons. The lowest BCUT2D eigenvalue weighted by atomic mass is 9.92. The predicted molar refractivity (Wildman–Crippen MR) is 81.9 cm³/mol.